The van der Waals surface area contributed by atoms with Crippen molar-refractivity contribution in [1.29, 1.82) is 0 Å². The van der Waals surface area contributed by atoms with Gasteiger partial charge < -0.3 is 15.3 Å². The molecule has 0 aliphatic carbocycles. The quantitative estimate of drug-likeness (QED) is 0.798. The molecule has 4 nitrogen and oxygen atoms in total. The first-order valence-corrected chi connectivity index (χ1v) is 7.65. The zero-order valence-electron chi connectivity index (χ0n) is 11.0. The number of benzene rings is 1. The SMILES string of the molecule is CNCC1CCCCN1C(=O)c1cc(I)ccc1O. The number of likely N-dealkylation sites (N-methyl/N-ethyl adjacent to an activating group) is 1. The van der Waals surface area contributed by atoms with E-state index in [0.717, 1.165) is 35.9 Å². The maximum absolute atomic E-state index is 12.6. The number of aromatic hydroxyl groups is 1. The minimum atomic E-state index is -0.0593. The number of rotatable bonds is 3. The zero-order valence-corrected chi connectivity index (χ0v) is 13.2. The number of nitrogens with zero attached hydrogens (tertiary/aromatic N) is 1. The average Bonchev–Trinajstić information content (AvgIpc) is 2.42. The van der Waals surface area contributed by atoms with Gasteiger partial charge in [-0.25, -0.2) is 0 Å². The van der Waals surface area contributed by atoms with E-state index in [2.05, 4.69) is 27.9 Å². The lowest BCUT2D eigenvalue weighted by Crippen LogP contribution is -2.48. The van der Waals surface area contributed by atoms with E-state index in [-0.39, 0.29) is 17.7 Å². The highest BCUT2D eigenvalue weighted by Crippen LogP contribution is 2.25. The summed E-state index contributed by atoms with van der Waals surface area (Å²) in [5, 5.41) is 13.0. The molecule has 0 aromatic heterocycles. The molecule has 0 spiro atoms. The van der Waals surface area contributed by atoms with Gasteiger partial charge in [0.05, 0.1) is 5.56 Å². The normalized spacial score (nSPS) is 19.5. The Balaban J connectivity index is 2.23. The third-order valence-corrected chi connectivity index (χ3v) is 4.19. The molecule has 1 unspecified atom stereocenters. The van der Waals surface area contributed by atoms with Gasteiger partial charge in [0, 0.05) is 22.7 Å². The van der Waals surface area contributed by atoms with Gasteiger partial charge in [0.2, 0.25) is 0 Å². The number of phenols is 1. The van der Waals surface area contributed by atoms with Crippen molar-refractivity contribution in [2.24, 2.45) is 0 Å². The molecule has 104 valence electrons. The van der Waals surface area contributed by atoms with Crippen LogP contribution in [-0.2, 0) is 0 Å². The van der Waals surface area contributed by atoms with E-state index >= 15 is 0 Å². The van der Waals surface area contributed by atoms with Crippen LogP contribution in [0.3, 0.4) is 0 Å². The van der Waals surface area contributed by atoms with Crippen LogP contribution >= 0.6 is 22.6 Å². The number of amides is 1. The minimum absolute atomic E-state index is 0.0593. The molecule has 1 atom stereocenters. The molecule has 0 radical (unpaired) electrons. The third-order valence-electron chi connectivity index (χ3n) is 3.52. The Morgan fingerprint density at radius 2 is 2.32 bits per heavy atom. The lowest BCUT2D eigenvalue weighted by Gasteiger charge is -2.36. The fourth-order valence-electron chi connectivity index (χ4n) is 2.55. The Kier molecular flexibility index (Phi) is 5.04. The Morgan fingerprint density at radius 1 is 1.53 bits per heavy atom. The maximum Gasteiger partial charge on any atom is 0.257 e. The molecule has 5 heteroatoms. The Labute approximate surface area is 127 Å². The van der Waals surface area contributed by atoms with E-state index in [1.807, 2.05) is 11.9 Å². The van der Waals surface area contributed by atoms with E-state index < -0.39 is 0 Å². The number of halogens is 1. The Morgan fingerprint density at radius 3 is 3.05 bits per heavy atom. The van der Waals surface area contributed by atoms with Crippen LogP contribution in [0.1, 0.15) is 29.6 Å². The van der Waals surface area contributed by atoms with Crippen molar-refractivity contribution in [3.63, 3.8) is 0 Å². The van der Waals surface area contributed by atoms with Crippen LogP contribution in [0.5, 0.6) is 5.75 Å². The smallest absolute Gasteiger partial charge is 0.257 e. The summed E-state index contributed by atoms with van der Waals surface area (Å²) in [5.41, 5.74) is 0.412. The molecule has 0 bridgehead atoms. The topological polar surface area (TPSA) is 52.6 Å². The number of hydrogen-bond acceptors (Lipinski definition) is 3. The van der Waals surface area contributed by atoms with Gasteiger partial charge in [-0.2, -0.15) is 0 Å². The third kappa shape index (κ3) is 3.39. The van der Waals surface area contributed by atoms with Crippen molar-refractivity contribution in [2.75, 3.05) is 20.1 Å². The van der Waals surface area contributed by atoms with E-state index in [4.69, 9.17) is 0 Å². The van der Waals surface area contributed by atoms with Gasteiger partial charge in [0.25, 0.3) is 5.91 Å². The molecule has 0 saturated carbocycles. The number of carbonyl (C=O) groups excluding carboxylic acids is 1. The maximum atomic E-state index is 12.6. The minimum Gasteiger partial charge on any atom is -0.507 e. The number of carbonyl (C=O) groups is 1. The molecule has 1 aliphatic rings. The van der Waals surface area contributed by atoms with Crippen molar-refractivity contribution in [2.45, 2.75) is 25.3 Å². The van der Waals surface area contributed by atoms with Gasteiger partial charge in [-0.1, -0.05) is 0 Å². The van der Waals surface area contributed by atoms with E-state index in [1.54, 1.807) is 18.2 Å². The van der Waals surface area contributed by atoms with Gasteiger partial charge >= 0.3 is 0 Å². The summed E-state index contributed by atoms with van der Waals surface area (Å²) in [5.74, 6) is 0.00941. The van der Waals surface area contributed by atoms with Gasteiger partial charge in [-0.3, -0.25) is 4.79 Å². The molecule has 1 amide bonds. The van der Waals surface area contributed by atoms with Gasteiger partial charge in [0.15, 0.2) is 0 Å². The summed E-state index contributed by atoms with van der Waals surface area (Å²) >= 11 is 2.15. The summed E-state index contributed by atoms with van der Waals surface area (Å²) in [6, 6.07) is 5.37. The first kappa shape index (κ1) is 14.6. The number of piperidine rings is 1. The molecule has 19 heavy (non-hydrogen) atoms. The second-order valence-electron chi connectivity index (χ2n) is 4.87. The molecule has 2 N–H and O–H groups in total. The van der Waals surface area contributed by atoms with Crippen LogP contribution < -0.4 is 5.32 Å². The second-order valence-corrected chi connectivity index (χ2v) is 6.11. The number of nitrogens with one attached hydrogen (secondary N) is 1. The van der Waals surface area contributed by atoms with Crippen LogP contribution in [0.4, 0.5) is 0 Å². The van der Waals surface area contributed by atoms with Gasteiger partial charge in [-0.05, 0) is 67.1 Å². The molecular formula is C14H19IN2O2. The Bertz CT molecular complexity index is 463. The summed E-state index contributed by atoms with van der Waals surface area (Å²) in [4.78, 5) is 14.5. The highest BCUT2D eigenvalue weighted by atomic mass is 127. The van der Waals surface area contributed by atoms with Crippen molar-refractivity contribution in [1.82, 2.24) is 10.2 Å². The van der Waals surface area contributed by atoms with Crippen molar-refractivity contribution >= 4 is 28.5 Å². The second kappa shape index (κ2) is 6.56. The standard InChI is InChI=1S/C14H19IN2O2/c1-16-9-11-4-2-3-7-17(11)14(19)12-8-10(15)5-6-13(12)18/h5-6,8,11,16,18H,2-4,7,9H2,1H3. The number of phenolic OH excluding ortho intramolecular Hbond substituents is 1. The van der Waals surface area contributed by atoms with Crippen LogP contribution in [0, 0.1) is 3.57 Å². The first-order chi connectivity index (χ1) is 9.13. The highest BCUT2D eigenvalue weighted by Gasteiger charge is 2.28. The predicted molar refractivity (Wildman–Crippen MR) is 83.4 cm³/mol. The molecule has 1 aromatic carbocycles. The summed E-state index contributed by atoms with van der Waals surface area (Å²) in [7, 11) is 1.90. The monoisotopic (exact) mass is 374 g/mol. The van der Waals surface area contributed by atoms with E-state index in [9.17, 15) is 9.90 Å². The molecule has 1 fully saturated rings. The molecule has 2 rings (SSSR count). The molecule has 1 aliphatic heterocycles. The van der Waals surface area contributed by atoms with Crippen LogP contribution in [0.25, 0.3) is 0 Å². The van der Waals surface area contributed by atoms with Gasteiger partial charge in [-0.15, -0.1) is 0 Å². The number of hydrogen-bond donors (Lipinski definition) is 2. The lowest BCUT2D eigenvalue weighted by atomic mass is 10.0. The molecule has 1 aromatic rings. The van der Waals surface area contributed by atoms with E-state index in [1.165, 1.54) is 0 Å². The summed E-state index contributed by atoms with van der Waals surface area (Å²) in [6.45, 7) is 1.58. The van der Waals surface area contributed by atoms with Crippen molar-refractivity contribution in [3.8, 4) is 5.75 Å². The van der Waals surface area contributed by atoms with Crippen molar-refractivity contribution < 1.29 is 9.90 Å². The summed E-state index contributed by atoms with van der Waals surface area (Å²) in [6.07, 6.45) is 3.22. The predicted octanol–water partition coefficient (Wildman–Crippen LogP) is 2.21. The molecular weight excluding hydrogens is 355 g/mol. The van der Waals surface area contributed by atoms with Crippen molar-refractivity contribution in [3.05, 3.63) is 27.3 Å². The van der Waals surface area contributed by atoms with Crippen LogP contribution in [0.2, 0.25) is 0 Å². The average molecular weight is 374 g/mol. The fraction of sp³-hybridized carbons (Fsp3) is 0.500. The van der Waals surface area contributed by atoms with Crippen LogP contribution in [-0.4, -0.2) is 42.1 Å². The highest BCUT2D eigenvalue weighted by molar-refractivity contribution is 14.1. The Hall–Kier alpha value is -0.820. The first-order valence-electron chi connectivity index (χ1n) is 6.57. The van der Waals surface area contributed by atoms with E-state index in [0.29, 0.717) is 5.56 Å². The largest absolute Gasteiger partial charge is 0.507 e. The fourth-order valence-corrected chi connectivity index (χ4v) is 3.04. The molecule has 1 heterocycles. The molecule has 1 saturated heterocycles. The summed E-state index contributed by atoms with van der Waals surface area (Å²) < 4.78 is 0.959. The zero-order chi connectivity index (χ0) is 13.8. The lowest BCUT2D eigenvalue weighted by molar-refractivity contribution is 0.0612. The van der Waals surface area contributed by atoms with Gasteiger partial charge in [0.1, 0.15) is 5.75 Å². The number of likely N-dealkylation sites (tertiary alicyclic amines) is 1. The van der Waals surface area contributed by atoms with Crippen LogP contribution in [0.15, 0.2) is 18.2 Å².